The lowest BCUT2D eigenvalue weighted by Gasteiger charge is -2.24. The second-order valence-corrected chi connectivity index (χ2v) is 7.18. The number of halogens is 3. The van der Waals surface area contributed by atoms with Crippen LogP contribution in [0.25, 0.3) is 0 Å². The summed E-state index contributed by atoms with van der Waals surface area (Å²) in [6, 6.07) is 5.78. The average molecular weight is 444 g/mol. The summed E-state index contributed by atoms with van der Waals surface area (Å²) in [7, 11) is 1.39. The van der Waals surface area contributed by atoms with Gasteiger partial charge in [0.05, 0.1) is 0 Å². The van der Waals surface area contributed by atoms with E-state index in [0.717, 1.165) is 0 Å². The number of benzene rings is 1. The molecule has 0 radical (unpaired) electrons. The zero-order valence-corrected chi connectivity index (χ0v) is 16.3. The molecule has 3 rings (SSSR count). The van der Waals surface area contributed by atoms with Crippen LogP contribution in [0, 0.1) is 11.8 Å². The Labute approximate surface area is 164 Å². The fourth-order valence-electron chi connectivity index (χ4n) is 3.10. The maximum atomic E-state index is 14.7. The monoisotopic (exact) mass is 443 g/mol. The number of aromatic nitrogens is 1. The molecule has 0 saturated carbocycles. The number of ether oxygens (including phenoxy) is 3. The maximum Gasteiger partial charge on any atom is 0.256 e. The molecule has 8 heteroatoms. The van der Waals surface area contributed by atoms with Gasteiger partial charge in [0, 0.05) is 47.5 Å². The van der Waals surface area contributed by atoms with E-state index in [0.29, 0.717) is 36.2 Å². The van der Waals surface area contributed by atoms with Crippen LogP contribution in [-0.4, -0.2) is 37.2 Å². The highest BCUT2D eigenvalue weighted by Crippen LogP contribution is 2.37. The topological polar surface area (TPSA) is 60.8 Å². The molecule has 1 atom stereocenters. The Morgan fingerprint density at radius 1 is 1.26 bits per heavy atom. The smallest absolute Gasteiger partial charge is 0.256 e. The summed E-state index contributed by atoms with van der Waals surface area (Å²) in [4.78, 5) is 4.01. The van der Waals surface area contributed by atoms with E-state index in [4.69, 9.17) is 14.2 Å². The standard InChI is InChI=1S/C19H20BrF2NO4/c1-25-10-27-18-14(17(24)13-8-12(20)2-3-15(13)21)9-16(23-19(18)22)11-4-6-26-7-5-11/h2-3,8-9,11,17,24H,4-7,10H2,1H3. The highest BCUT2D eigenvalue weighted by Gasteiger charge is 2.27. The Bertz CT molecular complexity index is 800. The predicted molar refractivity (Wildman–Crippen MR) is 97.7 cm³/mol. The summed E-state index contributed by atoms with van der Waals surface area (Å²) >= 11 is 3.26. The molecule has 1 aromatic heterocycles. The third-order valence-corrected chi connectivity index (χ3v) is 4.98. The van der Waals surface area contributed by atoms with E-state index in [1.807, 2.05) is 0 Å². The first-order valence-corrected chi connectivity index (χ1v) is 9.33. The number of hydrogen-bond donors (Lipinski definition) is 1. The Morgan fingerprint density at radius 3 is 2.70 bits per heavy atom. The first-order chi connectivity index (χ1) is 13.0. The summed E-state index contributed by atoms with van der Waals surface area (Å²) in [6.45, 7) is 0.901. The van der Waals surface area contributed by atoms with Crippen LogP contribution >= 0.6 is 15.9 Å². The van der Waals surface area contributed by atoms with Gasteiger partial charge in [0.2, 0.25) is 0 Å². The molecule has 2 heterocycles. The van der Waals surface area contributed by atoms with Gasteiger partial charge in [-0.2, -0.15) is 4.39 Å². The number of pyridine rings is 1. The number of hydrogen-bond acceptors (Lipinski definition) is 5. The van der Waals surface area contributed by atoms with Gasteiger partial charge in [-0.15, -0.1) is 0 Å². The first-order valence-electron chi connectivity index (χ1n) is 8.54. The number of aliphatic hydroxyl groups is 1. The predicted octanol–water partition coefficient (Wildman–Crippen LogP) is 4.08. The Balaban J connectivity index is 2.06. The van der Waals surface area contributed by atoms with Crippen molar-refractivity contribution in [1.29, 1.82) is 0 Å². The molecule has 0 amide bonds. The number of nitrogens with zero attached hydrogens (tertiary/aromatic N) is 1. The second kappa shape index (κ2) is 9.05. The van der Waals surface area contributed by atoms with Crippen LogP contribution in [-0.2, 0) is 9.47 Å². The van der Waals surface area contributed by atoms with Gasteiger partial charge in [-0.05, 0) is 37.1 Å². The summed E-state index contributed by atoms with van der Waals surface area (Å²) < 4.78 is 45.0. The van der Waals surface area contributed by atoms with Crippen molar-refractivity contribution >= 4 is 15.9 Å². The van der Waals surface area contributed by atoms with Gasteiger partial charge in [0.15, 0.2) is 12.5 Å². The van der Waals surface area contributed by atoms with Gasteiger partial charge >= 0.3 is 0 Å². The van der Waals surface area contributed by atoms with Crippen molar-refractivity contribution in [2.45, 2.75) is 24.9 Å². The van der Waals surface area contributed by atoms with Crippen molar-refractivity contribution < 1.29 is 28.1 Å². The van der Waals surface area contributed by atoms with Crippen molar-refractivity contribution in [3.05, 3.63) is 57.3 Å². The Kier molecular flexibility index (Phi) is 6.75. The van der Waals surface area contributed by atoms with Crippen LogP contribution in [0.4, 0.5) is 8.78 Å². The first kappa shape index (κ1) is 20.1. The summed E-state index contributed by atoms with van der Waals surface area (Å²) in [5.74, 6) is -1.71. The number of methoxy groups -OCH3 is 1. The van der Waals surface area contributed by atoms with Gasteiger partial charge in [0.25, 0.3) is 5.95 Å². The minimum absolute atomic E-state index is 0.00281. The molecule has 0 spiro atoms. The van der Waals surface area contributed by atoms with Crippen molar-refractivity contribution in [2.24, 2.45) is 0 Å². The van der Waals surface area contributed by atoms with E-state index >= 15 is 0 Å². The van der Waals surface area contributed by atoms with Crippen molar-refractivity contribution in [3.63, 3.8) is 0 Å². The van der Waals surface area contributed by atoms with Crippen LogP contribution in [0.5, 0.6) is 5.75 Å². The molecule has 0 aliphatic carbocycles. The Hall–Kier alpha value is -1.61. The largest absolute Gasteiger partial charge is 0.462 e. The van der Waals surface area contributed by atoms with Gasteiger partial charge in [-0.1, -0.05) is 15.9 Å². The third kappa shape index (κ3) is 4.63. The molecule has 27 heavy (non-hydrogen) atoms. The second-order valence-electron chi connectivity index (χ2n) is 6.26. The van der Waals surface area contributed by atoms with E-state index in [1.54, 1.807) is 6.07 Å². The molecule has 146 valence electrons. The lowest BCUT2D eigenvalue weighted by molar-refractivity contribution is 0.0448. The molecule has 2 aromatic rings. The fraction of sp³-hybridized carbons (Fsp3) is 0.421. The molecular weight excluding hydrogens is 424 g/mol. The normalized spacial score (nSPS) is 16.3. The van der Waals surface area contributed by atoms with Crippen molar-refractivity contribution in [2.75, 3.05) is 27.1 Å². The molecular formula is C19H20BrF2NO4. The van der Waals surface area contributed by atoms with Gasteiger partial charge in [-0.25, -0.2) is 9.37 Å². The zero-order chi connectivity index (χ0) is 19.4. The molecule has 1 N–H and O–H groups in total. The number of rotatable bonds is 6. The van der Waals surface area contributed by atoms with Gasteiger partial charge in [0.1, 0.15) is 11.9 Å². The number of aliphatic hydroxyl groups excluding tert-OH is 1. The molecule has 1 fully saturated rings. The van der Waals surface area contributed by atoms with Gasteiger partial charge < -0.3 is 19.3 Å². The van der Waals surface area contributed by atoms with Crippen LogP contribution in [0.1, 0.15) is 41.7 Å². The van der Waals surface area contributed by atoms with Crippen molar-refractivity contribution in [1.82, 2.24) is 4.98 Å². The van der Waals surface area contributed by atoms with Crippen LogP contribution in [0.2, 0.25) is 0 Å². The van der Waals surface area contributed by atoms with Crippen molar-refractivity contribution in [3.8, 4) is 5.75 Å². The van der Waals surface area contributed by atoms with E-state index in [-0.39, 0.29) is 29.6 Å². The molecule has 0 bridgehead atoms. The third-order valence-electron chi connectivity index (χ3n) is 4.49. The minimum Gasteiger partial charge on any atom is -0.462 e. The molecule has 1 saturated heterocycles. The van der Waals surface area contributed by atoms with E-state index < -0.39 is 17.9 Å². The Morgan fingerprint density at radius 2 is 2.00 bits per heavy atom. The minimum atomic E-state index is -1.43. The molecule has 1 aliphatic heterocycles. The molecule has 5 nitrogen and oxygen atoms in total. The van der Waals surface area contributed by atoms with Gasteiger partial charge in [-0.3, -0.25) is 0 Å². The molecule has 1 unspecified atom stereocenters. The highest BCUT2D eigenvalue weighted by atomic mass is 79.9. The maximum absolute atomic E-state index is 14.7. The van der Waals surface area contributed by atoms with E-state index in [2.05, 4.69) is 20.9 Å². The summed E-state index contributed by atoms with van der Waals surface area (Å²) in [6.07, 6.45) is -0.0257. The highest BCUT2D eigenvalue weighted by molar-refractivity contribution is 9.10. The SMILES string of the molecule is COCOc1c(C(O)c2cc(Br)ccc2F)cc(C2CCOCC2)nc1F. The van der Waals surface area contributed by atoms with Crippen LogP contribution in [0.15, 0.2) is 28.7 Å². The molecule has 1 aromatic carbocycles. The van der Waals surface area contributed by atoms with E-state index in [1.165, 1.54) is 25.3 Å². The van der Waals surface area contributed by atoms with E-state index in [9.17, 15) is 13.9 Å². The average Bonchev–Trinajstić information content (AvgIpc) is 2.68. The zero-order valence-electron chi connectivity index (χ0n) is 14.8. The fourth-order valence-corrected chi connectivity index (χ4v) is 3.48. The summed E-state index contributed by atoms with van der Waals surface area (Å²) in [5, 5.41) is 10.8. The van der Waals surface area contributed by atoms with Crippen LogP contribution in [0.3, 0.4) is 0 Å². The summed E-state index contributed by atoms with van der Waals surface area (Å²) in [5.41, 5.74) is 0.609. The molecule has 1 aliphatic rings. The lowest BCUT2D eigenvalue weighted by atomic mass is 9.92. The quantitative estimate of drug-likeness (QED) is 0.538. The van der Waals surface area contributed by atoms with Crippen LogP contribution < -0.4 is 4.74 Å². The lowest BCUT2D eigenvalue weighted by Crippen LogP contribution is -2.17.